The lowest BCUT2D eigenvalue weighted by Gasteiger charge is -2.48. The van der Waals surface area contributed by atoms with Crippen molar-refractivity contribution in [3.05, 3.63) is 35.0 Å². The van der Waals surface area contributed by atoms with Crippen LogP contribution in [0, 0.1) is 0 Å². The van der Waals surface area contributed by atoms with Gasteiger partial charge in [-0.1, -0.05) is 17.7 Å². The summed E-state index contributed by atoms with van der Waals surface area (Å²) in [5.74, 6) is -0.937. The molecule has 10 heteroatoms. The van der Waals surface area contributed by atoms with Crippen LogP contribution in [0.3, 0.4) is 0 Å². The van der Waals surface area contributed by atoms with Gasteiger partial charge < -0.3 is 19.9 Å². The zero-order chi connectivity index (χ0) is 18.8. The number of nitrogens with zero attached hydrogens (tertiary/aromatic N) is 1. The molecule has 1 aromatic rings. The number of carboxylic acid groups (broad SMARTS) is 1. The van der Waals surface area contributed by atoms with Crippen molar-refractivity contribution in [2.45, 2.75) is 11.4 Å². The molecule has 1 fully saturated rings. The molecular weight excluding hydrogens is 384 g/mol. The van der Waals surface area contributed by atoms with Gasteiger partial charge in [-0.05, 0) is 12.1 Å². The van der Waals surface area contributed by atoms with Gasteiger partial charge in [0, 0.05) is 11.8 Å². The fourth-order valence-corrected chi connectivity index (χ4v) is 4.19. The standard InChI is InChI=1S/C16H15ClN2O6S/c1-24-8-3-2-4-9(5-8)25-6-11(20)18-12-14(21)19-13(16(22)23)10(17)7-26-15(12)19/h2-5,12,15H,6-7H2,1H3,(H,18,20)(H,22,23)/t12-,15-/m1/s1. The van der Waals surface area contributed by atoms with Gasteiger partial charge in [-0.25, -0.2) is 4.79 Å². The predicted molar refractivity (Wildman–Crippen MR) is 94.0 cm³/mol. The van der Waals surface area contributed by atoms with Crippen molar-refractivity contribution in [3.63, 3.8) is 0 Å². The number of ether oxygens (including phenoxy) is 2. The van der Waals surface area contributed by atoms with Crippen LogP contribution in [0.4, 0.5) is 0 Å². The number of benzene rings is 1. The molecule has 2 heterocycles. The summed E-state index contributed by atoms with van der Waals surface area (Å²) in [6, 6.07) is 5.97. The van der Waals surface area contributed by atoms with E-state index in [9.17, 15) is 19.5 Å². The molecule has 138 valence electrons. The van der Waals surface area contributed by atoms with Crippen LogP contribution in [-0.4, -0.2) is 58.7 Å². The first-order valence-corrected chi connectivity index (χ1v) is 8.98. The number of halogens is 1. The summed E-state index contributed by atoms with van der Waals surface area (Å²) in [7, 11) is 1.52. The third kappa shape index (κ3) is 3.45. The van der Waals surface area contributed by atoms with Crippen LogP contribution in [0.1, 0.15) is 0 Å². The van der Waals surface area contributed by atoms with E-state index in [0.29, 0.717) is 11.5 Å². The molecule has 0 unspecified atom stereocenters. The first-order valence-electron chi connectivity index (χ1n) is 7.55. The van der Waals surface area contributed by atoms with E-state index in [1.54, 1.807) is 24.3 Å². The van der Waals surface area contributed by atoms with Crippen LogP contribution in [-0.2, 0) is 14.4 Å². The lowest BCUT2D eigenvalue weighted by Crippen LogP contribution is -2.70. The predicted octanol–water partition coefficient (Wildman–Crippen LogP) is 1.01. The molecule has 2 atom stereocenters. The van der Waals surface area contributed by atoms with E-state index < -0.39 is 29.2 Å². The molecule has 2 N–H and O–H groups in total. The molecule has 0 aliphatic carbocycles. The molecule has 1 saturated heterocycles. The lowest BCUT2D eigenvalue weighted by atomic mass is 10.1. The number of aliphatic carboxylic acids is 1. The Morgan fingerprint density at radius 3 is 2.85 bits per heavy atom. The quantitative estimate of drug-likeness (QED) is 0.689. The molecule has 0 bridgehead atoms. The topological polar surface area (TPSA) is 105 Å². The number of methoxy groups -OCH3 is 1. The van der Waals surface area contributed by atoms with E-state index >= 15 is 0 Å². The summed E-state index contributed by atoms with van der Waals surface area (Å²) in [4.78, 5) is 36.7. The van der Waals surface area contributed by atoms with Crippen LogP contribution in [0.2, 0.25) is 0 Å². The number of hydrogen-bond donors (Lipinski definition) is 2. The molecule has 3 rings (SSSR count). The van der Waals surface area contributed by atoms with E-state index in [2.05, 4.69) is 5.32 Å². The lowest BCUT2D eigenvalue weighted by molar-refractivity contribution is -0.150. The molecule has 0 radical (unpaired) electrons. The number of carbonyl (C=O) groups excluding carboxylic acids is 2. The monoisotopic (exact) mass is 398 g/mol. The minimum Gasteiger partial charge on any atom is -0.497 e. The number of nitrogens with one attached hydrogen (secondary N) is 1. The maximum absolute atomic E-state index is 12.2. The highest BCUT2D eigenvalue weighted by molar-refractivity contribution is 8.00. The van der Waals surface area contributed by atoms with Crippen LogP contribution >= 0.6 is 23.4 Å². The normalized spacial score (nSPS) is 21.6. The van der Waals surface area contributed by atoms with E-state index in [0.717, 1.165) is 4.90 Å². The third-order valence-corrected chi connectivity index (χ3v) is 5.60. The van der Waals surface area contributed by atoms with Crippen LogP contribution < -0.4 is 14.8 Å². The van der Waals surface area contributed by atoms with Gasteiger partial charge in [-0.3, -0.25) is 14.5 Å². The van der Waals surface area contributed by atoms with Gasteiger partial charge in [0.05, 0.1) is 12.1 Å². The molecule has 2 aliphatic rings. The minimum atomic E-state index is -1.26. The van der Waals surface area contributed by atoms with Gasteiger partial charge in [0.1, 0.15) is 28.6 Å². The summed E-state index contributed by atoms with van der Waals surface area (Å²) in [6.45, 7) is -0.281. The van der Waals surface area contributed by atoms with Crippen molar-refractivity contribution in [2.24, 2.45) is 0 Å². The summed E-state index contributed by atoms with van der Waals surface area (Å²) >= 11 is 7.19. The minimum absolute atomic E-state index is 0.109. The molecular formula is C16H15ClN2O6S. The van der Waals surface area contributed by atoms with Crippen LogP contribution in [0.15, 0.2) is 35.0 Å². The first-order chi connectivity index (χ1) is 12.4. The highest BCUT2D eigenvalue weighted by Crippen LogP contribution is 2.41. The van der Waals surface area contributed by atoms with Gasteiger partial charge in [0.15, 0.2) is 6.61 Å². The highest BCUT2D eigenvalue weighted by atomic mass is 35.5. The second kappa shape index (κ2) is 7.46. The number of amides is 2. The number of fused-ring (bicyclic) bond motifs is 1. The first kappa shape index (κ1) is 18.4. The molecule has 2 aliphatic heterocycles. The van der Waals surface area contributed by atoms with Gasteiger partial charge in [-0.2, -0.15) is 0 Å². The van der Waals surface area contributed by atoms with E-state index in [4.69, 9.17) is 21.1 Å². The van der Waals surface area contributed by atoms with Gasteiger partial charge in [0.2, 0.25) is 0 Å². The Morgan fingerprint density at radius 2 is 2.15 bits per heavy atom. The van der Waals surface area contributed by atoms with E-state index in [1.165, 1.54) is 18.9 Å². The Labute approximate surface area is 158 Å². The smallest absolute Gasteiger partial charge is 0.353 e. The fraction of sp³-hybridized carbons (Fsp3) is 0.312. The maximum atomic E-state index is 12.2. The number of hydrogen-bond acceptors (Lipinski definition) is 6. The average molecular weight is 399 g/mol. The third-order valence-electron chi connectivity index (χ3n) is 3.85. The highest BCUT2D eigenvalue weighted by Gasteiger charge is 2.54. The summed E-state index contributed by atoms with van der Waals surface area (Å²) in [5, 5.41) is 11.4. The maximum Gasteiger partial charge on any atom is 0.353 e. The SMILES string of the molecule is COc1cccc(OCC(=O)N[C@@H]2C(=O)N3C(C(=O)O)=C(Cl)CS[C@H]23)c1. The molecule has 1 aromatic carbocycles. The van der Waals surface area contributed by atoms with Crippen molar-refractivity contribution in [1.82, 2.24) is 10.2 Å². The molecule has 0 spiro atoms. The summed E-state index contributed by atoms with van der Waals surface area (Å²) in [6.07, 6.45) is 0. The molecule has 8 nitrogen and oxygen atoms in total. The number of rotatable bonds is 6. The van der Waals surface area contributed by atoms with E-state index in [-0.39, 0.29) is 23.1 Å². The molecule has 2 amide bonds. The Bertz CT molecular complexity index is 799. The summed E-state index contributed by atoms with van der Waals surface area (Å²) in [5.41, 5.74) is -0.224. The van der Waals surface area contributed by atoms with Crippen molar-refractivity contribution in [3.8, 4) is 11.5 Å². The molecule has 0 saturated carbocycles. The average Bonchev–Trinajstić information content (AvgIpc) is 2.64. The fourth-order valence-electron chi connectivity index (χ4n) is 2.64. The number of carbonyl (C=O) groups is 3. The zero-order valence-corrected chi connectivity index (χ0v) is 15.2. The Hall–Kier alpha value is -2.39. The Balaban J connectivity index is 1.58. The number of β-lactam (4-membered cyclic amide) rings is 1. The largest absolute Gasteiger partial charge is 0.497 e. The zero-order valence-electron chi connectivity index (χ0n) is 13.6. The molecule has 26 heavy (non-hydrogen) atoms. The van der Waals surface area contributed by atoms with Crippen LogP contribution in [0.25, 0.3) is 0 Å². The van der Waals surface area contributed by atoms with Crippen molar-refractivity contribution in [2.75, 3.05) is 19.5 Å². The van der Waals surface area contributed by atoms with Crippen molar-refractivity contribution in [1.29, 1.82) is 0 Å². The summed E-state index contributed by atoms with van der Waals surface area (Å²) < 4.78 is 10.4. The second-order valence-corrected chi connectivity index (χ2v) is 7.04. The van der Waals surface area contributed by atoms with Gasteiger partial charge in [-0.15, -0.1) is 11.8 Å². The van der Waals surface area contributed by atoms with Crippen molar-refractivity contribution < 1.29 is 29.0 Å². The Kier molecular flexibility index (Phi) is 5.28. The van der Waals surface area contributed by atoms with Crippen LogP contribution in [0.5, 0.6) is 11.5 Å². The van der Waals surface area contributed by atoms with Gasteiger partial charge >= 0.3 is 5.97 Å². The van der Waals surface area contributed by atoms with Gasteiger partial charge in [0.25, 0.3) is 11.8 Å². The van der Waals surface area contributed by atoms with E-state index in [1.807, 2.05) is 0 Å². The number of carboxylic acids is 1. The Morgan fingerprint density at radius 1 is 1.42 bits per heavy atom. The molecule has 0 aromatic heterocycles. The van der Waals surface area contributed by atoms with Crippen molar-refractivity contribution >= 4 is 41.1 Å². The second-order valence-electron chi connectivity index (χ2n) is 5.48. The number of thioether (sulfide) groups is 1.